The number of anilines is 2. The van der Waals surface area contributed by atoms with Crippen LogP contribution in [0.25, 0.3) is 0 Å². The van der Waals surface area contributed by atoms with E-state index in [1.54, 1.807) is 80.7 Å². The Bertz CT molecular complexity index is 1140. The summed E-state index contributed by atoms with van der Waals surface area (Å²) in [5.74, 6) is -0.480. The molecule has 0 fully saturated rings. The maximum absolute atomic E-state index is 12.7. The lowest BCUT2D eigenvalue weighted by Crippen LogP contribution is -2.26. The predicted molar refractivity (Wildman–Crippen MR) is 126 cm³/mol. The molecule has 0 unspecified atom stereocenters. The number of hydrogen-bond donors (Lipinski definition) is 2. The largest absolute Gasteiger partial charge is 0.488 e. The fourth-order valence-corrected chi connectivity index (χ4v) is 3.06. The van der Waals surface area contributed by atoms with E-state index in [-0.39, 0.29) is 12.5 Å². The molecule has 3 amide bonds. The van der Waals surface area contributed by atoms with Gasteiger partial charge in [0.2, 0.25) is 0 Å². The van der Waals surface area contributed by atoms with Gasteiger partial charge in [0.25, 0.3) is 11.8 Å². The van der Waals surface area contributed by atoms with Crippen LogP contribution in [-0.4, -0.2) is 31.6 Å². The molecule has 0 atom stereocenters. The Morgan fingerprint density at radius 2 is 1.70 bits per heavy atom. The van der Waals surface area contributed by atoms with Gasteiger partial charge in [-0.15, -0.1) is 0 Å². The summed E-state index contributed by atoms with van der Waals surface area (Å²) in [7, 11) is 1.61. The fourth-order valence-electron chi connectivity index (χ4n) is 3.06. The Hall–Kier alpha value is -4.33. The molecular weight excluding hydrogens is 422 g/mol. The zero-order valence-electron chi connectivity index (χ0n) is 18.4. The highest BCUT2D eigenvalue weighted by atomic mass is 16.6. The van der Waals surface area contributed by atoms with Crippen LogP contribution in [0.1, 0.15) is 33.2 Å². The highest BCUT2D eigenvalue weighted by Gasteiger charge is 2.13. The number of carbonyl (C=O) groups is 3. The van der Waals surface area contributed by atoms with Crippen molar-refractivity contribution in [3.05, 3.63) is 89.5 Å². The highest BCUT2D eigenvalue weighted by molar-refractivity contribution is 6.04. The maximum Gasteiger partial charge on any atom is 0.413 e. The minimum atomic E-state index is -0.571. The van der Waals surface area contributed by atoms with Gasteiger partial charge in [0.05, 0.1) is 12.2 Å². The third-order valence-electron chi connectivity index (χ3n) is 4.79. The first-order valence-corrected chi connectivity index (χ1v) is 10.3. The fraction of sp³-hybridized carbons (Fsp3) is 0.160. The highest BCUT2D eigenvalue weighted by Crippen LogP contribution is 2.20. The van der Waals surface area contributed by atoms with Gasteiger partial charge in [0.1, 0.15) is 12.4 Å². The molecule has 0 bridgehead atoms. The second-order valence-corrected chi connectivity index (χ2v) is 7.11. The summed E-state index contributed by atoms with van der Waals surface area (Å²) in [5, 5.41) is 2.83. The van der Waals surface area contributed by atoms with Crippen LogP contribution < -0.4 is 20.7 Å². The van der Waals surface area contributed by atoms with Gasteiger partial charge in [-0.05, 0) is 61.0 Å². The second-order valence-electron chi connectivity index (χ2n) is 7.11. The normalized spacial score (nSPS) is 10.2. The number of benzene rings is 3. The Labute approximate surface area is 191 Å². The summed E-state index contributed by atoms with van der Waals surface area (Å²) >= 11 is 0. The molecule has 0 aliphatic heterocycles. The SMILES string of the molecule is CCOC(=O)N(C)c1ccc(NC(=O)c2cccc(COc3ccccc3C(N)=O)c2)cc1. The molecule has 0 saturated carbocycles. The summed E-state index contributed by atoms with van der Waals surface area (Å²) in [6.07, 6.45) is -0.452. The van der Waals surface area contributed by atoms with Gasteiger partial charge in [-0.1, -0.05) is 24.3 Å². The number of nitrogens with two attached hydrogens (primary N) is 1. The van der Waals surface area contributed by atoms with Crippen molar-refractivity contribution in [1.29, 1.82) is 0 Å². The van der Waals surface area contributed by atoms with Crippen LogP contribution in [0.5, 0.6) is 5.75 Å². The van der Waals surface area contributed by atoms with Gasteiger partial charge in [0.15, 0.2) is 0 Å². The van der Waals surface area contributed by atoms with E-state index in [4.69, 9.17) is 15.2 Å². The summed E-state index contributed by atoms with van der Waals surface area (Å²) in [6.45, 7) is 2.20. The van der Waals surface area contributed by atoms with E-state index >= 15 is 0 Å². The van der Waals surface area contributed by atoms with E-state index < -0.39 is 12.0 Å². The van der Waals surface area contributed by atoms with E-state index in [1.807, 2.05) is 6.07 Å². The number of carbonyl (C=O) groups excluding carboxylic acids is 3. The van der Waals surface area contributed by atoms with Gasteiger partial charge in [-0.25, -0.2) is 4.79 Å². The average molecular weight is 447 g/mol. The van der Waals surface area contributed by atoms with Crippen molar-refractivity contribution in [1.82, 2.24) is 0 Å². The molecule has 33 heavy (non-hydrogen) atoms. The van der Waals surface area contributed by atoms with Crippen LogP contribution >= 0.6 is 0 Å². The van der Waals surface area contributed by atoms with Crippen molar-refractivity contribution in [3.63, 3.8) is 0 Å². The van der Waals surface area contributed by atoms with E-state index in [0.29, 0.717) is 34.9 Å². The number of primary amides is 1. The van der Waals surface area contributed by atoms with Gasteiger partial charge in [0, 0.05) is 24.0 Å². The molecule has 3 N–H and O–H groups in total. The molecule has 3 rings (SSSR count). The van der Waals surface area contributed by atoms with Crippen LogP contribution in [0.4, 0.5) is 16.2 Å². The van der Waals surface area contributed by atoms with Crippen molar-refractivity contribution < 1.29 is 23.9 Å². The molecule has 3 aromatic rings. The third kappa shape index (κ3) is 6.10. The van der Waals surface area contributed by atoms with Crippen LogP contribution in [-0.2, 0) is 11.3 Å². The number of rotatable bonds is 8. The summed E-state index contributed by atoms with van der Waals surface area (Å²) in [6, 6.07) is 20.5. The Balaban J connectivity index is 1.64. The van der Waals surface area contributed by atoms with Crippen molar-refractivity contribution in [3.8, 4) is 5.75 Å². The van der Waals surface area contributed by atoms with Gasteiger partial charge in [-0.2, -0.15) is 0 Å². The molecule has 8 heteroatoms. The average Bonchev–Trinajstić information content (AvgIpc) is 2.83. The summed E-state index contributed by atoms with van der Waals surface area (Å²) in [4.78, 5) is 37.4. The molecule has 0 aliphatic carbocycles. The van der Waals surface area contributed by atoms with Gasteiger partial charge in [-0.3, -0.25) is 14.5 Å². The second kappa shape index (κ2) is 10.8. The monoisotopic (exact) mass is 447 g/mol. The number of nitrogens with zero attached hydrogens (tertiary/aromatic N) is 1. The first kappa shape index (κ1) is 23.3. The Kier molecular flexibility index (Phi) is 7.64. The lowest BCUT2D eigenvalue weighted by molar-refractivity contribution is 0.0994. The summed E-state index contributed by atoms with van der Waals surface area (Å²) < 4.78 is 10.7. The molecule has 3 aromatic carbocycles. The lowest BCUT2D eigenvalue weighted by Gasteiger charge is -2.17. The van der Waals surface area contributed by atoms with Crippen molar-refractivity contribution in [2.24, 2.45) is 5.73 Å². The number of nitrogens with one attached hydrogen (secondary N) is 1. The van der Waals surface area contributed by atoms with Crippen molar-refractivity contribution in [2.75, 3.05) is 23.9 Å². The molecule has 0 aromatic heterocycles. The van der Waals surface area contributed by atoms with E-state index in [9.17, 15) is 14.4 Å². The number of para-hydroxylation sites is 1. The van der Waals surface area contributed by atoms with Crippen molar-refractivity contribution >= 4 is 29.3 Å². The molecule has 0 heterocycles. The zero-order valence-corrected chi connectivity index (χ0v) is 18.4. The number of amides is 3. The number of ether oxygens (including phenoxy) is 2. The maximum atomic E-state index is 12.7. The minimum absolute atomic E-state index is 0.167. The van der Waals surface area contributed by atoms with Gasteiger partial charge >= 0.3 is 6.09 Å². The van der Waals surface area contributed by atoms with E-state index in [1.165, 1.54) is 4.90 Å². The zero-order chi connectivity index (χ0) is 23.8. The minimum Gasteiger partial charge on any atom is -0.488 e. The van der Waals surface area contributed by atoms with Gasteiger partial charge < -0.3 is 20.5 Å². The number of hydrogen-bond acceptors (Lipinski definition) is 5. The third-order valence-corrected chi connectivity index (χ3v) is 4.79. The molecule has 0 spiro atoms. The molecule has 0 saturated heterocycles. The molecule has 170 valence electrons. The topological polar surface area (TPSA) is 111 Å². The van der Waals surface area contributed by atoms with Crippen molar-refractivity contribution in [2.45, 2.75) is 13.5 Å². The van der Waals surface area contributed by atoms with Crippen LogP contribution in [0, 0.1) is 0 Å². The molecule has 0 radical (unpaired) electrons. The first-order chi connectivity index (χ1) is 15.9. The standard InChI is InChI=1S/C25H25N3O5/c1-3-32-25(31)28(2)20-13-11-19(12-14-20)27-24(30)18-8-6-7-17(15-18)16-33-22-10-5-4-9-21(22)23(26)29/h4-15H,3,16H2,1-2H3,(H2,26,29)(H,27,30). The Morgan fingerprint density at radius 1 is 0.970 bits per heavy atom. The lowest BCUT2D eigenvalue weighted by atomic mass is 10.1. The predicted octanol–water partition coefficient (Wildman–Crippen LogP) is 4.21. The van der Waals surface area contributed by atoms with Crippen LogP contribution in [0.3, 0.4) is 0 Å². The van der Waals surface area contributed by atoms with E-state index in [0.717, 1.165) is 5.56 Å². The quantitative estimate of drug-likeness (QED) is 0.537. The summed E-state index contributed by atoms with van der Waals surface area (Å²) in [5.41, 5.74) is 8.10. The first-order valence-electron chi connectivity index (χ1n) is 10.3. The Morgan fingerprint density at radius 3 is 2.39 bits per heavy atom. The smallest absolute Gasteiger partial charge is 0.413 e. The van der Waals surface area contributed by atoms with Crippen LogP contribution in [0.15, 0.2) is 72.8 Å². The molecule has 8 nitrogen and oxygen atoms in total. The molecular formula is C25H25N3O5. The van der Waals surface area contributed by atoms with Crippen LogP contribution in [0.2, 0.25) is 0 Å². The molecule has 0 aliphatic rings. The van der Waals surface area contributed by atoms with E-state index in [2.05, 4.69) is 5.32 Å².